The molecule has 0 saturated carbocycles. The van der Waals surface area contributed by atoms with Crippen molar-refractivity contribution in [3.05, 3.63) is 29.8 Å². The molecule has 11 heavy (non-hydrogen) atoms. The zero-order valence-electron chi connectivity index (χ0n) is 5.99. The van der Waals surface area contributed by atoms with Crippen molar-refractivity contribution in [1.82, 2.24) is 0 Å². The van der Waals surface area contributed by atoms with Crippen LogP contribution in [0.2, 0.25) is 0 Å². The molecule has 0 fully saturated rings. The van der Waals surface area contributed by atoms with Gasteiger partial charge in [-0.05, 0) is 29.6 Å². The van der Waals surface area contributed by atoms with E-state index in [2.05, 4.69) is 0 Å². The van der Waals surface area contributed by atoms with E-state index in [4.69, 9.17) is 5.14 Å². The van der Waals surface area contributed by atoms with Crippen LogP contribution < -0.4 is 5.14 Å². The van der Waals surface area contributed by atoms with E-state index >= 15 is 0 Å². The van der Waals surface area contributed by atoms with Gasteiger partial charge in [-0.3, -0.25) is 5.14 Å². The third-order valence-corrected chi connectivity index (χ3v) is 1.92. The number of aldehydes is 1. The Morgan fingerprint density at radius 1 is 1.36 bits per heavy atom. The summed E-state index contributed by atoms with van der Waals surface area (Å²) >= 11 is 1.21. The van der Waals surface area contributed by atoms with Crippen LogP contribution in [0, 0.1) is 0 Å². The highest BCUT2D eigenvalue weighted by Crippen LogP contribution is 2.11. The smallest absolute Gasteiger partial charge is 0.124 e. The molecule has 0 bridgehead atoms. The highest BCUT2D eigenvalue weighted by Gasteiger charge is 1.91. The molecule has 0 spiro atoms. The van der Waals surface area contributed by atoms with Crippen molar-refractivity contribution < 1.29 is 4.79 Å². The summed E-state index contributed by atoms with van der Waals surface area (Å²) in [5, 5.41) is 5.32. The SMILES string of the molecule is NSc1ccc(CC=O)cc1. The fourth-order valence-corrected chi connectivity index (χ4v) is 1.09. The molecule has 0 aliphatic rings. The second-order valence-corrected chi connectivity index (χ2v) is 2.84. The first-order chi connectivity index (χ1) is 5.36. The van der Waals surface area contributed by atoms with Crippen molar-refractivity contribution in [3.8, 4) is 0 Å². The normalized spacial score (nSPS) is 9.55. The van der Waals surface area contributed by atoms with Gasteiger partial charge >= 0.3 is 0 Å². The zero-order chi connectivity index (χ0) is 8.10. The van der Waals surface area contributed by atoms with Gasteiger partial charge in [0.25, 0.3) is 0 Å². The molecule has 0 aliphatic heterocycles. The van der Waals surface area contributed by atoms with Gasteiger partial charge in [0.2, 0.25) is 0 Å². The lowest BCUT2D eigenvalue weighted by Crippen LogP contribution is -1.85. The van der Waals surface area contributed by atoms with Gasteiger partial charge in [0, 0.05) is 11.3 Å². The van der Waals surface area contributed by atoms with Gasteiger partial charge in [-0.2, -0.15) is 0 Å². The summed E-state index contributed by atoms with van der Waals surface area (Å²) in [4.78, 5) is 11.1. The van der Waals surface area contributed by atoms with Crippen LogP contribution in [0.1, 0.15) is 5.56 Å². The number of carbonyl (C=O) groups is 1. The summed E-state index contributed by atoms with van der Waals surface area (Å²) < 4.78 is 0. The molecule has 2 nitrogen and oxygen atoms in total. The van der Waals surface area contributed by atoms with Gasteiger partial charge in [0.05, 0.1) is 0 Å². The Morgan fingerprint density at radius 3 is 2.45 bits per heavy atom. The van der Waals surface area contributed by atoms with Crippen molar-refractivity contribution in [2.75, 3.05) is 0 Å². The maximum atomic E-state index is 10.1. The molecule has 0 aromatic heterocycles. The lowest BCUT2D eigenvalue weighted by Gasteiger charge is -1.96. The van der Waals surface area contributed by atoms with Crippen molar-refractivity contribution >= 4 is 18.2 Å². The average Bonchev–Trinajstić information content (AvgIpc) is 2.07. The summed E-state index contributed by atoms with van der Waals surface area (Å²) in [6.45, 7) is 0. The molecule has 0 heterocycles. The van der Waals surface area contributed by atoms with Gasteiger partial charge in [-0.15, -0.1) is 0 Å². The second kappa shape index (κ2) is 4.16. The van der Waals surface area contributed by atoms with Gasteiger partial charge < -0.3 is 4.79 Å². The minimum atomic E-state index is 0.482. The predicted molar refractivity (Wildman–Crippen MR) is 46.3 cm³/mol. The summed E-state index contributed by atoms with van der Waals surface area (Å²) in [5.41, 5.74) is 1.03. The van der Waals surface area contributed by atoms with Crippen LogP contribution in [0.3, 0.4) is 0 Å². The predicted octanol–water partition coefficient (Wildman–Crippen LogP) is 1.39. The third kappa shape index (κ3) is 2.37. The number of rotatable bonds is 3. The van der Waals surface area contributed by atoms with E-state index in [1.807, 2.05) is 24.3 Å². The molecule has 0 saturated heterocycles. The summed E-state index contributed by atoms with van der Waals surface area (Å²) in [6.07, 6.45) is 1.38. The highest BCUT2D eigenvalue weighted by atomic mass is 32.2. The van der Waals surface area contributed by atoms with E-state index in [1.54, 1.807) is 0 Å². The monoisotopic (exact) mass is 167 g/mol. The van der Waals surface area contributed by atoms with Crippen molar-refractivity contribution in [2.45, 2.75) is 11.3 Å². The van der Waals surface area contributed by atoms with Crippen molar-refractivity contribution in [3.63, 3.8) is 0 Å². The maximum absolute atomic E-state index is 10.1. The van der Waals surface area contributed by atoms with Crippen LogP contribution in [0.4, 0.5) is 0 Å². The van der Waals surface area contributed by atoms with E-state index < -0.39 is 0 Å². The minimum Gasteiger partial charge on any atom is -0.303 e. The molecule has 1 rings (SSSR count). The van der Waals surface area contributed by atoms with Gasteiger partial charge in [0.1, 0.15) is 6.29 Å². The molecule has 0 atom stereocenters. The first kappa shape index (κ1) is 8.30. The first-order valence-electron chi connectivity index (χ1n) is 3.26. The number of hydrogen-bond acceptors (Lipinski definition) is 3. The van der Waals surface area contributed by atoms with E-state index in [0.29, 0.717) is 6.42 Å². The molecule has 0 unspecified atom stereocenters. The quantitative estimate of drug-likeness (QED) is 0.546. The Bertz CT molecular complexity index is 232. The van der Waals surface area contributed by atoms with Gasteiger partial charge in [-0.25, -0.2) is 0 Å². The minimum absolute atomic E-state index is 0.482. The topological polar surface area (TPSA) is 43.1 Å². The van der Waals surface area contributed by atoms with E-state index in [-0.39, 0.29) is 0 Å². The molecule has 0 amide bonds. The van der Waals surface area contributed by atoms with E-state index in [1.165, 1.54) is 11.9 Å². The highest BCUT2D eigenvalue weighted by molar-refractivity contribution is 7.97. The molecule has 2 N–H and O–H groups in total. The van der Waals surface area contributed by atoms with E-state index in [9.17, 15) is 4.79 Å². The Balaban J connectivity index is 2.74. The molecule has 3 heteroatoms. The fourth-order valence-electron chi connectivity index (χ4n) is 0.800. The molecular formula is C8H9NOS. The van der Waals surface area contributed by atoms with Gasteiger partial charge in [0.15, 0.2) is 0 Å². The van der Waals surface area contributed by atoms with Crippen molar-refractivity contribution in [1.29, 1.82) is 0 Å². The maximum Gasteiger partial charge on any atom is 0.124 e. The molecule has 1 aromatic rings. The van der Waals surface area contributed by atoms with Gasteiger partial charge in [-0.1, -0.05) is 12.1 Å². The summed E-state index contributed by atoms with van der Waals surface area (Å²) in [6, 6.07) is 7.63. The van der Waals surface area contributed by atoms with Crippen LogP contribution in [0.15, 0.2) is 29.2 Å². The standard InChI is InChI=1S/C8H9NOS/c9-11-8-3-1-7(2-4-8)5-6-10/h1-4,6H,5,9H2. The first-order valence-corrected chi connectivity index (χ1v) is 4.14. The molecule has 58 valence electrons. The number of hydrogen-bond donors (Lipinski definition) is 1. The van der Waals surface area contributed by atoms with E-state index in [0.717, 1.165) is 16.7 Å². The molecule has 0 aliphatic carbocycles. The average molecular weight is 167 g/mol. The van der Waals surface area contributed by atoms with Crippen LogP contribution in [-0.4, -0.2) is 6.29 Å². The Labute approximate surface area is 69.9 Å². The zero-order valence-corrected chi connectivity index (χ0v) is 6.80. The Morgan fingerprint density at radius 2 is 2.00 bits per heavy atom. The van der Waals surface area contributed by atoms with Crippen LogP contribution in [0.25, 0.3) is 0 Å². The van der Waals surface area contributed by atoms with Crippen LogP contribution in [-0.2, 0) is 11.2 Å². The van der Waals surface area contributed by atoms with Crippen molar-refractivity contribution in [2.24, 2.45) is 5.14 Å². The number of nitrogens with two attached hydrogens (primary N) is 1. The Kier molecular flexibility index (Phi) is 3.14. The molecular weight excluding hydrogens is 158 g/mol. The lowest BCUT2D eigenvalue weighted by atomic mass is 10.2. The molecule has 0 radical (unpaired) electrons. The second-order valence-electron chi connectivity index (χ2n) is 2.13. The molecule has 1 aromatic carbocycles. The third-order valence-electron chi connectivity index (χ3n) is 1.38. The summed E-state index contributed by atoms with van der Waals surface area (Å²) in [7, 11) is 0. The lowest BCUT2D eigenvalue weighted by molar-refractivity contribution is -0.107. The largest absolute Gasteiger partial charge is 0.303 e. The van der Waals surface area contributed by atoms with Crippen LogP contribution in [0.5, 0.6) is 0 Å². The summed E-state index contributed by atoms with van der Waals surface area (Å²) in [5.74, 6) is 0. The number of benzene rings is 1. The fraction of sp³-hybridized carbons (Fsp3) is 0.125. The number of carbonyl (C=O) groups excluding carboxylic acids is 1. The van der Waals surface area contributed by atoms with Crippen LogP contribution >= 0.6 is 11.9 Å². The Hall–Kier alpha value is -0.800.